The number of fused-ring (bicyclic) bond motifs is 2. The highest BCUT2D eigenvalue weighted by atomic mass is 16.6. The first kappa shape index (κ1) is 5.78. The number of ether oxygens (including phenoxy) is 1. The Hall–Kier alpha value is -0.820. The smallest absolute Gasteiger partial charge is 0.120 e. The molecule has 1 fully saturated rings. The van der Waals surface area contributed by atoms with Gasteiger partial charge in [0.15, 0.2) is 0 Å². The minimum atomic E-state index is 0.153. The molecule has 3 aliphatic rings. The fourth-order valence-corrected chi connectivity index (χ4v) is 1.97. The monoisotopic (exact) mass is 146 g/mol. The van der Waals surface area contributed by atoms with E-state index in [2.05, 4.69) is 24.3 Å². The van der Waals surface area contributed by atoms with E-state index in [9.17, 15) is 0 Å². The average molecular weight is 146 g/mol. The van der Waals surface area contributed by atoms with E-state index >= 15 is 0 Å². The second-order valence-corrected chi connectivity index (χ2v) is 3.43. The van der Waals surface area contributed by atoms with E-state index in [1.807, 2.05) is 0 Å². The number of hydrogen-bond acceptors (Lipinski definition) is 1. The highest BCUT2D eigenvalue weighted by molar-refractivity contribution is 5.52. The van der Waals surface area contributed by atoms with Gasteiger partial charge in [0.2, 0.25) is 0 Å². The van der Waals surface area contributed by atoms with Crippen molar-refractivity contribution in [3.8, 4) is 0 Å². The maximum Gasteiger partial charge on any atom is 0.120 e. The molecule has 11 heavy (non-hydrogen) atoms. The van der Waals surface area contributed by atoms with Crippen LogP contribution in [0.25, 0.3) is 0 Å². The van der Waals surface area contributed by atoms with Gasteiger partial charge in [-0.2, -0.15) is 0 Å². The highest BCUT2D eigenvalue weighted by Gasteiger charge is 2.51. The SMILES string of the molecule is C1=CCC2=CCC3(CO3)C2=C1. The van der Waals surface area contributed by atoms with Crippen molar-refractivity contribution in [2.45, 2.75) is 18.4 Å². The van der Waals surface area contributed by atoms with Gasteiger partial charge in [-0.1, -0.05) is 24.3 Å². The fourth-order valence-electron chi connectivity index (χ4n) is 1.97. The van der Waals surface area contributed by atoms with Gasteiger partial charge in [-0.3, -0.25) is 0 Å². The minimum absolute atomic E-state index is 0.153. The van der Waals surface area contributed by atoms with Crippen LogP contribution in [0.2, 0.25) is 0 Å². The molecule has 1 saturated heterocycles. The summed E-state index contributed by atoms with van der Waals surface area (Å²) < 4.78 is 5.47. The van der Waals surface area contributed by atoms with E-state index in [0.29, 0.717) is 0 Å². The third kappa shape index (κ3) is 0.641. The molecule has 3 rings (SSSR count). The zero-order chi connectivity index (χ0) is 7.31. The van der Waals surface area contributed by atoms with Gasteiger partial charge in [-0.05, 0) is 17.6 Å². The molecule has 2 aliphatic carbocycles. The van der Waals surface area contributed by atoms with Crippen LogP contribution in [0, 0.1) is 0 Å². The molecule has 56 valence electrons. The van der Waals surface area contributed by atoms with Crippen molar-refractivity contribution in [1.29, 1.82) is 0 Å². The molecule has 0 aromatic rings. The van der Waals surface area contributed by atoms with Crippen molar-refractivity contribution in [2.24, 2.45) is 0 Å². The predicted octanol–water partition coefficient (Wildman–Crippen LogP) is 1.97. The van der Waals surface area contributed by atoms with Crippen LogP contribution in [-0.2, 0) is 4.74 Å². The predicted molar refractivity (Wildman–Crippen MR) is 43.2 cm³/mol. The Morgan fingerprint density at radius 2 is 2.36 bits per heavy atom. The Morgan fingerprint density at radius 3 is 3.18 bits per heavy atom. The van der Waals surface area contributed by atoms with Gasteiger partial charge >= 0.3 is 0 Å². The second-order valence-electron chi connectivity index (χ2n) is 3.43. The Kier molecular flexibility index (Phi) is 0.878. The van der Waals surface area contributed by atoms with Gasteiger partial charge in [0, 0.05) is 6.42 Å². The first-order chi connectivity index (χ1) is 5.41. The molecule has 0 N–H and O–H groups in total. The Morgan fingerprint density at radius 1 is 1.45 bits per heavy atom. The summed E-state index contributed by atoms with van der Waals surface area (Å²) in [7, 11) is 0. The van der Waals surface area contributed by atoms with Crippen LogP contribution in [0.5, 0.6) is 0 Å². The Balaban J connectivity index is 2.10. The Labute approximate surface area is 66.1 Å². The molecule has 1 spiro atoms. The lowest BCUT2D eigenvalue weighted by molar-refractivity contribution is 0.349. The van der Waals surface area contributed by atoms with E-state index in [0.717, 1.165) is 19.4 Å². The van der Waals surface area contributed by atoms with E-state index in [4.69, 9.17) is 4.74 Å². The minimum Gasteiger partial charge on any atom is -0.364 e. The lowest BCUT2D eigenvalue weighted by Crippen LogP contribution is -2.09. The maximum absolute atomic E-state index is 5.47. The summed E-state index contributed by atoms with van der Waals surface area (Å²) in [6.45, 7) is 0.937. The molecule has 1 heteroatoms. The summed E-state index contributed by atoms with van der Waals surface area (Å²) in [5.41, 5.74) is 3.09. The van der Waals surface area contributed by atoms with Gasteiger partial charge in [0.1, 0.15) is 5.60 Å². The van der Waals surface area contributed by atoms with E-state index in [-0.39, 0.29) is 5.60 Å². The molecular formula is C10H10O. The molecule has 0 aromatic carbocycles. The zero-order valence-corrected chi connectivity index (χ0v) is 6.34. The molecule has 0 saturated carbocycles. The summed E-state index contributed by atoms with van der Waals surface area (Å²) in [6.07, 6.45) is 11.1. The van der Waals surface area contributed by atoms with Crippen LogP contribution in [0.4, 0.5) is 0 Å². The topological polar surface area (TPSA) is 12.5 Å². The first-order valence-electron chi connectivity index (χ1n) is 4.11. The molecule has 1 aliphatic heterocycles. The van der Waals surface area contributed by atoms with Crippen molar-refractivity contribution >= 4 is 0 Å². The molecule has 1 atom stereocenters. The Bertz CT molecular complexity index is 290. The number of rotatable bonds is 0. The quantitative estimate of drug-likeness (QED) is 0.476. The number of hydrogen-bond donors (Lipinski definition) is 0. The van der Waals surface area contributed by atoms with Gasteiger partial charge in [0.05, 0.1) is 6.61 Å². The first-order valence-corrected chi connectivity index (χ1v) is 4.11. The van der Waals surface area contributed by atoms with E-state index in [1.165, 1.54) is 11.1 Å². The highest BCUT2D eigenvalue weighted by Crippen LogP contribution is 2.49. The molecule has 0 radical (unpaired) electrons. The number of epoxide rings is 1. The van der Waals surface area contributed by atoms with Gasteiger partial charge in [-0.25, -0.2) is 0 Å². The third-order valence-corrected chi connectivity index (χ3v) is 2.74. The van der Waals surface area contributed by atoms with Crippen molar-refractivity contribution in [3.05, 3.63) is 35.5 Å². The van der Waals surface area contributed by atoms with Crippen LogP contribution in [0.3, 0.4) is 0 Å². The van der Waals surface area contributed by atoms with Crippen LogP contribution in [0.15, 0.2) is 35.5 Å². The summed E-state index contributed by atoms with van der Waals surface area (Å²) in [6, 6.07) is 0. The lowest BCUT2D eigenvalue weighted by atomic mass is 9.94. The van der Waals surface area contributed by atoms with Crippen molar-refractivity contribution in [1.82, 2.24) is 0 Å². The van der Waals surface area contributed by atoms with Crippen LogP contribution < -0.4 is 0 Å². The fraction of sp³-hybridized carbons (Fsp3) is 0.400. The van der Waals surface area contributed by atoms with Crippen molar-refractivity contribution in [2.75, 3.05) is 6.61 Å². The molecular weight excluding hydrogens is 136 g/mol. The van der Waals surface area contributed by atoms with Crippen LogP contribution in [-0.4, -0.2) is 12.2 Å². The largest absolute Gasteiger partial charge is 0.364 e. The molecule has 1 nitrogen and oxygen atoms in total. The van der Waals surface area contributed by atoms with E-state index < -0.39 is 0 Å². The van der Waals surface area contributed by atoms with E-state index in [1.54, 1.807) is 0 Å². The van der Waals surface area contributed by atoms with Gasteiger partial charge < -0.3 is 4.74 Å². The lowest BCUT2D eigenvalue weighted by Gasteiger charge is -2.10. The summed E-state index contributed by atoms with van der Waals surface area (Å²) >= 11 is 0. The van der Waals surface area contributed by atoms with Gasteiger partial charge in [0.25, 0.3) is 0 Å². The number of allylic oxidation sites excluding steroid dienone is 3. The normalized spacial score (nSPS) is 38.5. The molecule has 0 amide bonds. The molecule has 1 unspecified atom stereocenters. The standard InChI is InChI=1S/C10H10O/c1-2-4-9-8(3-1)5-6-10(9)7-11-10/h1-2,4-5H,3,6-7H2. The van der Waals surface area contributed by atoms with Crippen LogP contribution in [0.1, 0.15) is 12.8 Å². The maximum atomic E-state index is 5.47. The summed E-state index contributed by atoms with van der Waals surface area (Å²) in [5, 5.41) is 0. The molecule has 0 bridgehead atoms. The second kappa shape index (κ2) is 1.67. The third-order valence-electron chi connectivity index (χ3n) is 2.74. The molecule has 0 aromatic heterocycles. The van der Waals surface area contributed by atoms with Crippen molar-refractivity contribution < 1.29 is 4.74 Å². The average Bonchev–Trinajstić information content (AvgIpc) is 2.72. The summed E-state index contributed by atoms with van der Waals surface area (Å²) in [4.78, 5) is 0. The van der Waals surface area contributed by atoms with Gasteiger partial charge in [-0.15, -0.1) is 0 Å². The van der Waals surface area contributed by atoms with Crippen LogP contribution >= 0.6 is 0 Å². The summed E-state index contributed by atoms with van der Waals surface area (Å²) in [5.74, 6) is 0. The zero-order valence-electron chi connectivity index (χ0n) is 6.34. The van der Waals surface area contributed by atoms with Crippen molar-refractivity contribution in [3.63, 3.8) is 0 Å². The molecule has 1 heterocycles.